The van der Waals surface area contributed by atoms with Crippen LogP contribution in [-0.2, 0) is 16.3 Å². The van der Waals surface area contributed by atoms with Gasteiger partial charge >= 0.3 is 6.18 Å². The summed E-state index contributed by atoms with van der Waals surface area (Å²) >= 11 is 0. The lowest BCUT2D eigenvalue weighted by atomic mass is 10.0. The molecule has 3 atom stereocenters. The molecular weight excluding hydrogens is 530 g/mol. The van der Waals surface area contributed by atoms with Crippen molar-refractivity contribution in [2.75, 3.05) is 12.8 Å². The van der Waals surface area contributed by atoms with Crippen LogP contribution in [0, 0.1) is 23.7 Å². The lowest BCUT2D eigenvalue weighted by Gasteiger charge is -2.27. The predicted molar refractivity (Wildman–Crippen MR) is 152 cm³/mol. The molecule has 39 heavy (non-hydrogen) atoms. The van der Waals surface area contributed by atoms with Crippen LogP contribution in [0.3, 0.4) is 0 Å². The fourth-order valence-corrected chi connectivity index (χ4v) is 3.07. The standard InChI is InChI=1S/C14H20F3N3.C10H12O2S.C5H11F/c1-5-7-8-12(14(15,16)17)20-11(3)9-19-13(4,6-2)10-18;1-3-4-9-5-7-10(8-6-9)13(2,11)12;1-4-5(2,3)6/h1,7-8,11-12,19-20H,6,9H2,2-4H3;3,5-8H,1,4H2,2H3;4H2,1-3H3/b8-7+;;. The molecule has 0 radical (unpaired) electrons. The number of allylic oxidation sites excluding steroid dienone is 2. The highest BCUT2D eigenvalue weighted by atomic mass is 32.2. The Hall–Kier alpha value is -2.66. The van der Waals surface area contributed by atoms with Gasteiger partial charge in [0.2, 0.25) is 0 Å². The van der Waals surface area contributed by atoms with Crippen molar-refractivity contribution in [2.45, 2.75) is 95.2 Å². The molecule has 0 bridgehead atoms. The van der Waals surface area contributed by atoms with Gasteiger partial charge in [-0.2, -0.15) is 18.4 Å². The summed E-state index contributed by atoms with van der Waals surface area (Å²) in [5.41, 5.74) is -0.624. The van der Waals surface area contributed by atoms with Gasteiger partial charge in [0.05, 0.1) is 11.0 Å². The average molecular weight is 574 g/mol. The second-order valence-corrected chi connectivity index (χ2v) is 11.8. The zero-order chi connectivity index (χ0) is 30.9. The number of nitrogens with one attached hydrogen (secondary N) is 2. The molecule has 0 aliphatic rings. The second-order valence-electron chi connectivity index (χ2n) is 9.77. The summed E-state index contributed by atoms with van der Waals surface area (Å²) in [7, 11) is -3.06. The number of hydrogen-bond acceptors (Lipinski definition) is 5. The van der Waals surface area contributed by atoms with Crippen LogP contribution in [0.15, 0.2) is 54.0 Å². The molecule has 0 amide bonds. The van der Waals surface area contributed by atoms with Crippen molar-refractivity contribution >= 4 is 9.84 Å². The molecule has 220 valence electrons. The third-order valence-electron chi connectivity index (χ3n) is 5.53. The Morgan fingerprint density at radius 2 is 1.62 bits per heavy atom. The summed E-state index contributed by atoms with van der Waals surface area (Å²) in [5.74, 6) is 2.04. The largest absolute Gasteiger partial charge is 0.407 e. The van der Waals surface area contributed by atoms with E-state index in [1.54, 1.807) is 58.0 Å². The number of nitriles is 1. The fourth-order valence-electron chi connectivity index (χ4n) is 2.44. The number of rotatable bonds is 11. The number of alkyl halides is 4. The highest BCUT2D eigenvalue weighted by Crippen LogP contribution is 2.21. The normalized spacial score (nSPS) is 14.8. The SMILES string of the molecule is C#C/C=C/C(NC(C)CNC(C)(C#N)CC)C(F)(F)F.C=CCc1ccc(S(C)(=O)=O)cc1.CCC(C)(C)F. The lowest BCUT2D eigenvalue weighted by Crippen LogP contribution is -2.52. The Balaban J connectivity index is 0. The first-order valence-corrected chi connectivity index (χ1v) is 14.4. The zero-order valence-electron chi connectivity index (χ0n) is 24.0. The molecule has 1 aromatic rings. The quantitative estimate of drug-likeness (QED) is 0.184. The number of hydrogen-bond donors (Lipinski definition) is 2. The van der Waals surface area contributed by atoms with E-state index in [2.05, 4.69) is 23.3 Å². The van der Waals surface area contributed by atoms with Crippen molar-refractivity contribution in [2.24, 2.45) is 0 Å². The van der Waals surface area contributed by atoms with Crippen molar-refractivity contribution in [3.8, 4) is 18.4 Å². The Morgan fingerprint density at radius 1 is 1.10 bits per heavy atom. The van der Waals surface area contributed by atoms with Crippen LogP contribution in [0.2, 0.25) is 0 Å². The summed E-state index contributed by atoms with van der Waals surface area (Å²) in [5, 5.41) is 14.4. The van der Waals surface area contributed by atoms with Crippen LogP contribution < -0.4 is 10.6 Å². The molecule has 0 saturated heterocycles. The highest BCUT2D eigenvalue weighted by molar-refractivity contribution is 7.90. The van der Waals surface area contributed by atoms with Crippen molar-refractivity contribution in [1.29, 1.82) is 5.26 Å². The first-order chi connectivity index (χ1) is 17.8. The minimum atomic E-state index is -4.41. The molecule has 0 aliphatic carbocycles. The van der Waals surface area contributed by atoms with Crippen LogP contribution in [0.4, 0.5) is 17.6 Å². The molecule has 0 heterocycles. The van der Waals surface area contributed by atoms with Crippen molar-refractivity contribution in [3.05, 3.63) is 54.6 Å². The first kappa shape index (κ1) is 38.5. The molecule has 1 aromatic carbocycles. The summed E-state index contributed by atoms with van der Waals surface area (Å²) in [6.45, 7) is 14.0. The lowest BCUT2D eigenvalue weighted by molar-refractivity contribution is -0.145. The maximum atomic E-state index is 12.8. The fraction of sp³-hybridized carbons (Fsp3) is 0.552. The molecule has 3 unspecified atom stereocenters. The Labute approximate surface area is 232 Å². The van der Waals surface area contributed by atoms with Gasteiger partial charge in [0, 0.05) is 18.8 Å². The van der Waals surface area contributed by atoms with Gasteiger partial charge in [-0.25, -0.2) is 12.8 Å². The Morgan fingerprint density at radius 3 is 1.95 bits per heavy atom. The van der Waals surface area contributed by atoms with E-state index in [-0.39, 0.29) is 6.54 Å². The van der Waals surface area contributed by atoms with Crippen LogP contribution in [-0.4, -0.2) is 50.7 Å². The topological polar surface area (TPSA) is 82.0 Å². The van der Waals surface area contributed by atoms with E-state index in [1.807, 2.05) is 19.8 Å². The molecule has 0 aliphatic heterocycles. The maximum absolute atomic E-state index is 12.8. The number of sulfone groups is 1. The Kier molecular flexibility index (Phi) is 17.6. The number of halogens is 4. The molecule has 0 aromatic heterocycles. The second kappa shape index (κ2) is 17.8. The molecular formula is C29H43F4N3O2S. The predicted octanol–water partition coefficient (Wildman–Crippen LogP) is 6.33. The number of benzene rings is 1. The van der Waals surface area contributed by atoms with Gasteiger partial charge in [-0.15, -0.1) is 13.0 Å². The van der Waals surface area contributed by atoms with Crippen molar-refractivity contribution in [1.82, 2.24) is 10.6 Å². The smallest absolute Gasteiger partial charge is 0.299 e. The summed E-state index contributed by atoms with van der Waals surface area (Å²) in [6.07, 6.45) is 7.37. The molecule has 0 saturated carbocycles. The summed E-state index contributed by atoms with van der Waals surface area (Å²) in [6, 6.07) is 6.68. The molecule has 0 spiro atoms. The third-order valence-corrected chi connectivity index (χ3v) is 6.65. The first-order valence-electron chi connectivity index (χ1n) is 12.5. The van der Waals surface area contributed by atoms with E-state index >= 15 is 0 Å². The number of nitrogens with zero attached hydrogens (tertiary/aromatic N) is 1. The minimum absolute atomic E-state index is 0.244. The average Bonchev–Trinajstić information content (AvgIpc) is 2.84. The van der Waals surface area contributed by atoms with Crippen molar-refractivity contribution in [3.63, 3.8) is 0 Å². The van der Waals surface area contributed by atoms with Gasteiger partial charge < -0.3 is 0 Å². The zero-order valence-corrected chi connectivity index (χ0v) is 24.8. The Bertz CT molecular complexity index is 1060. The molecule has 2 N–H and O–H groups in total. The molecule has 1 rings (SSSR count). The molecule has 5 nitrogen and oxygen atoms in total. The van der Waals surface area contributed by atoms with E-state index in [0.29, 0.717) is 17.7 Å². The van der Waals surface area contributed by atoms with Gasteiger partial charge in [0.25, 0.3) is 0 Å². The monoisotopic (exact) mass is 573 g/mol. The highest BCUT2D eigenvalue weighted by Gasteiger charge is 2.38. The molecule has 0 fully saturated rings. The van der Waals surface area contributed by atoms with Crippen LogP contribution in [0.25, 0.3) is 0 Å². The van der Waals surface area contributed by atoms with Crippen LogP contribution in [0.5, 0.6) is 0 Å². The summed E-state index contributed by atoms with van der Waals surface area (Å²) in [4.78, 5) is 0.361. The summed E-state index contributed by atoms with van der Waals surface area (Å²) < 4.78 is 72.5. The van der Waals surface area contributed by atoms with Gasteiger partial charge in [-0.1, -0.05) is 44.1 Å². The maximum Gasteiger partial charge on any atom is 0.407 e. The van der Waals surface area contributed by atoms with Crippen LogP contribution >= 0.6 is 0 Å². The van der Waals surface area contributed by atoms with E-state index in [1.165, 1.54) is 6.26 Å². The van der Waals surface area contributed by atoms with Crippen molar-refractivity contribution < 1.29 is 26.0 Å². The number of terminal acetylenes is 1. The van der Waals surface area contributed by atoms with Gasteiger partial charge in [-0.05, 0) is 70.7 Å². The third kappa shape index (κ3) is 19.1. The van der Waals surface area contributed by atoms with E-state index in [9.17, 15) is 26.0 Å². The van der Waals surface area contributed by atoms with Crippen LogP contribution in [0.1, 0.15) is 59.9 Å². The van der Waals surface area contributed by atoms with E-state index in [0.717, 1.165) is 24.1 Å². The minimum Gasteiger partial charge on any atom is -0.299 e. The molecule has 10 heteroatoms. The van der Waals surface area contributed by atoms with E-state index in [4.69, 9.17) is 11.7 Å². The van der Waals surface area contributed by atoms with E-state index < -0.39 is 39.3 Å². The van der Waals surface area contributed by atoms with Gasteiger partial charge in [-0.3, -0.25) is 10.6 Å². The van der Waals surface area contributed by atoms with Gasteiger partial charge in [0.1, 0.15) is 17.2 Å². The van der Waals surface area contributed by atoms with Gasteiger partial charge in [0.15, 0.2) is 9.84 Å².